The maximum absolute atomic E-state index is 13.6. The lowest BCUT2D eigenvalue weighted by atomic mass is 9.95. The lowest BCUT2D eigenvalue weighted by Gasteiger charge is -2.18. The Morgan fingerprint density at radius 3 is 2.26 bits per heavy atom. The Bertz CT molecular complexity index is 1440. The van der Waals surface area contributed by atoms with Crippen molar-refractivity contribution in [2.24, 2.45) is 5.41 Å². The van der Waals surface area contributed by atoms with Crippen molar-refractivity contribution in [3.63, 3.8) is 0 Å². The number of pyridine rings is 1. The number of hydrogen-bond donors (Lipinski definition) is 2. The Hall–Kier alpha value is -4.81. The smallest absolute Gasteiger partial charge is 0.435 e. The van der Waals surface area contributed by atoms with E-state index < -0.39 is 34.7 Å². The summed E-state index contributed by atoms with van der Waals surface area (Å²) in [5.74, 6) is -1.87. The summed E-state index contributed by atoms with van der Waals surface area (Å²) in [6.07, 6.45) is 0.483. The minimum absolute atomic E-state index is 0.0127. The van der Waals surface area contributed by atoms with E-state index in [1.807, 2.05) is 0 Å². The third kappa shape index (κ3) is 5.94. The summed E-state index contributed by atoms with van der Waals surface area (Å²) in [6, 6.07) is 11.0. The predicted molar refractivity (Wildman–Crippen MR) is 129 cm³/mol. The van der Waals surface area contributed by atoms with E-state index in [0.717, 1.165) is 10.9 Å². The number of carbonyl (C=O) groups excluding carboxylic acids is 1. The molecule has 4 rings (SSSR count). The highest BCUT2D eigenvalue weighted by atomic mass is 19.4. The zero-order valence-electron chi connectivity index (χ0n) is 20.1. The molecule has 0 saturated carbocycles. The second kappa shape index (κ2) is 10.3. The number of amides is 1. The van der Waals surface area contributed by atoms with Crippen LogP contribution < -0.4 is 10.1 Å². The molecule has 0 saturated heterocycles. The average molecular weight is 526 g/mol. The van der Waals surface area contributed by atoms with Crippen molar-refractivity contribution in [2.75, 3.05) is 11.9 Å². The number of nitrogens with zero attached hydrogens (tertiary/aromatic N) is 5. The molecule has 1 amide bonds. The summed E-state index contributed by atoms with van der Waals surface area (Å²) in [5.41, 5.74) is -1.57. The number of carboxylic acid groups (broad SMARTS) is 1. The van der Waals surface area contributed by atoms with Crippen molar-refractivity contribution in [3.05, 3.63) is 78.5 Å². The molecule has 3 aromatic heterocycles. The first-order valence-corrected chi connectivity index (χ1v) is 11.1. The van der Waals surface area contributed by atoms with Gasteiger partial charge in [0.1, 0.15) is 6.61 Å². The van der Waals surface area contributed by atoms with Gasteiger partial charge in [0.15, 0.2) is 11.5 Å². The Balaban J connectivity index is 1.47. The van der Waals surface area contributed by atoms with Gasteiger partial charge in [0, 0.05) is 36.0 Å². The van der Waals surface area contributed by atoms with Gasteiger partial charge >= 0.3 is 18.2 Å². The summed E-state index contributed by atoms with van der Waals surface area (Å²) >= 11 is 0. The van der Waals surface area contributed by atoms with Gasteiger partial charge in [0.25, 0.3) is 5.91 Å². The second-order valence-corrected chi connectivity index (χ2v) is 8.79. The van der Waals surface area contributed by atoms with E-state index >= 15 is 0 Å². The van der Waals surface area contributed by atoms with Gasteiger partial charge in [-0.15, -0.1) is 0 Å². The molecular weight excluding hydrogens is 505 g/mol. The molecule has 0 aliphatic rings. The molecule has 0 atom stereocenters. The highest BCUT2D eigenvalue weighted by Crippen LogP contribution is 2.32. The van der Waals surface area contributed by atoms with Crippen LogP contribution in [0.3, 0.4) is 0 Å². The Morgan fingerprint density at radius 2 is 1.68 bits per heavy atom. The first kappa shape index (κ1) is 26.3. The van der Waals surface area contributed by atoms with Crippen molar-refractivity contribution >= 4 is 17.6 Å². The number of nitrogens with one attached hydrogen (secondary N) is 1. The third-order valence-corrected chi connectivity index (χ3v) is 5.36. The number of rotatable bonds is 8. The van der Waals surface area contributed by atoms with Crippen molar-refractivity contribution in [1.82, 2.24) is 24.7 Å². The van der Waals surface area contributed by atoms with E-state index in [0.29, 0.717) is 11.1 Å². The summed E-state index contributed by atoms with van der Waals surface area (Å²) < 4.78 is 46.9. The van der Waals surface area contributed by atoms with Crippen LogP contribution in [0.1, 0.15) is 29.9 Å². The zero-order valence-corrected chi connectivity index (χ0v) is 20.1. The van der Waals surface area contributed by atoms with Crippen LogP contribution in [0, 0.1) is 5.41 Å². The zero-order chi connectivity index (χ0) is 27.5. The molecule has 196 valence electrons. The fourth-order valence-corrected chi connectivity index (χ4v) is 3.15. The Kier molecular flexibility index (Phi) is 7.10. The van der Waals surface area contributed by atoms with Crippen LogP contribution in [0.2, 0.25) is 0 Å². The molecule has 0 fully saturated rings. The van der Waals surface area contributed by atoms with Crippen LogP contribution in [0.15, 0.2) is 67.3 Å². The molecule has 10 nitrogen and oxygen atoms in total. The maximum atomic E-state index is 13.6. The molecule has 3 heterocycles. The minimum Gasteiger partial charge on any atom is -0.481 e. The average Bonchev–Trinajstić information content (AvgIpc) is 3.36. The number of benzene rings is 1. The van der Waals surface area contributed by atoms with Crippen molar-refractivity contribution in [3.8, 4) is 23.0 Å². The minimum atomic E-state index is -4.85. The standard InChI is InChI=1S/C25H21F3N6O4/c1-24(2,22(36)37)14-38-23-30-11-16(12-31-23)15-6-8-17(9-7-15)32-21(35)18-13-34(19-5-3-4-10-29-19)33-20(18)25(26,27)28/h3-13H,14H2,1-2H3,(H,32,35)(H,36,37). The van der Waals surface area contributed by atoms with E-state index in [1.165, 1.54) is 50.6 Å². The van der Waals surface area contributed by atoms with E-state index in [9.17, 15) is 22.8 Å². The number of anilines is 1. The molecule has 1 aromatic carbocycles. The Labute approximate surface area is 214 Å². The monoisotopic (exact) mass is 526 g/mol. The fraction of sp³-hybridized carbons (Fsp3) is 0.200. The number of ether oxygens (including phenoxy) is 1. The summed E-state index contributed by atoms with van der Waals surface area (Å²) in [4.78, 5) is 36.0. The van der Waals surface area contributed by atoms with Crippen molar-refractivity contribution < 1.29 is 32.6 Å². The van der Waals surface area contributed by atoms with Gasteiger partial charge in [-0.1, -0.05) is 18.2 Å². The van der Waals surface area contributed by atoms with Crippen LogP contribution in [0.25, 0.3) is 16.9 Å². The number of carboxylic acids is 1. The molecule has 0 spiro atoms. The van der Waals surface area contributed by atoms with Gasteiger partial charge < -0.3 is 15.2 Å². The predicted octanol–water partition coefficient (Wildman–Crippen LogP) is 4.49. The lowest BCUT2D eigenvalue weighted by Crippen LogP contribution is -2.31. The van der Waals surface area contributed by atoms with Crippen molar-refractivity contribution in [2.45, 2.75) is 20.0 Å². The molecule has 38 heavy (non-hydrogen) atoms. The topological polar surface area (TPSA) is 132 Å². The normalized spacial score (nSPS) is 11.7. The number of aromatic nitrogens is 5. The molecule has 2 N–H and O–H groups in total. The number of aliphatic carboxylic acids is 1. The molecular formula is C25H21F3N6O4. The third-order valence-electron chi connectivity index (χ3n) is 5.36. The van der Waals surface area contributed by atoms with Gasteiger partial charge in [-0.25, -0.2) is 19.6 Å². The van der Waals surface area contributed by atoms with E-state index in [2.05, 4.69) is 25.4 Å². The van der Waals surface area contributed by atoms with Gasteiger partial charge in [-0.3, -0.25) is 9.59 Å². The number of alkyl halides is 3. The lowest BCUT2D eigenvalue weighted by molar-refractivity contribution is -0.148. The van der Waals surface area contributed by atoms with Gasteiger partial charge in [-0.05, 0) is 43.7 Å². The highest BCUT2D eigenvalue weighted by molar-refractivity contribution is 6.05. The fourth-order valence-electron chi connectivity index (χ4n) is 3.15. The maximum Gasteiger partial charge on any atom is 0.435 e. The molecule has 13 heteroatoms. The molecule has 0 unspecified atom stereocenters. The first-order valence-electron chi connectivity index (χ1n) is 11.1. The summed E-state index contributed by atoms with van der Waals surface area (Å²) in [5, 5.41) is 15.1. The first-order chi connectivity index (χ1) is 17.9. The number of hydrogen-bond acceptors (Lipinski definition) is 7. The van der Waals surface area contributed by atoms with Gasteiger partial charge in [-0.2, -0.15) is 18.3 Å². The summed E-state index contributed by atoms with van der Waals surface area (Å²) in [7, 11) is 0. The van der Waals surface area contributed by atoms with E-state index in [-0.39, 0.29) is 24.1 Å². The summed E-state index contributed by atoms with van der Waals surface area (Å²) in [6.45, 7) is 2.91. The SMILES string of the molecule is CC(C)(COc1ncc(-c2ccc(NC(=O)c3cn(-c4ccccn4)nc3C(F)(F)F)cc2)cn1)C(=O)O. The van der Waals surface area contributed by atoms with Crippen LogP contribution in [-0.4, -0.2) is 48.3 Å². The molecule has 0 bridgehead atoms. The molecule has 0 aliphatic heterocycles. The molecule has 0 radical (unpaired) electrons. The van der Waals surface area contributed by atoms with Gasteiger partial charge in [0.2, 0.25) is 0 Å². The van der Waals surface area contributed by atoms with Crippen LogP contribution in [0.5, 0.6) is 6.01 Å². The second-order valence-electron chi connectivity index (χ2n) is 8.79. The Morgan fingerprint density at radius 1 is 1.00 bits per heavy atom. The van der Waals surface area contributed by atoms with E-state index in [4.69, 9.17) is 9.84 Å². The van der Waals surface area contributed by atoms with E-state index in [1.54, 1.807) is 24.3 Å². The molecule has 4 aromatic rings. The van der Waals surface area contributed by atoms with Crippen LogP contribution >= 0.6 is 0 Å². The quantitative estimate of drug-likeness (QED) is 0.343. The van der Waals surface area contributed by atoms with Crippen LogP contribution in [0.4, 0.5) is 18.9 Å². The number of halogens is 3. The molecule has 0 aliphatic carbocycles. The van der Waals surface area contributed by atoms with Gasteiger partial charge in [0.05, 0.1) is 11.0 Å². The van der Waals surface area contributed by atoms with Crippen molar-refractivity contribution in [1.29, 1.82) is 0 Å². The highest BCUT2D eigenvalue weighted by Gasteiger charge is 2.39. The largest absolute Gasteiger partial charge is 0.481 e. The van der Waals surface area contributed by atoms with Crippen LogP contribution in [-0.2, 0) is 11.0 Å². The number of carbonyl (C=O) groups is 2.